The van der Waals surface area contributed by atoms with Crippen molar-refractivity contribution in [1.29, 1.82) is 0 Å². The monoisotopic (exact) mass is 193 g/mol. The Morgan fingerprint density at radius 2 is 2.46 bits per heavy atom. The predicted molar refractivity (Wildman–Crippen MR) is 58.7 cm³/mol. The van der Waals surface area contributed by atoms with Crippen molar-refractivity contribution < 1.29 is 0 Å². The summed E-state index contributed by atoms with van der Waals surface area (Å²) < 4.78 is 0. The van der Waals surface area contributed by atoms with E-state index in [1.54, 1.807) is 11.3 Å². The quantitative estimate of drug-likeness (QED) is 0.729. The fourth-order valence-electron chi connectivity index (χ4n) is 1.86. The van der Waals surface area contributed by atoms with Crippen LogP contribution in [0.1, 0.15) is 31.2 Å². The van der Waals surface area contributed by atoms with Crippen molar-refractivity contribution in [2.24, 2.45) is 5.73 Å². The standard InChI is InChI=1S/C11H15NS/c12-11-3-1-2-9(7-11)6-10-4-5-13-8-10/h4-6,8,11H,1-3,7,12H2. The molecule has 0 spiro atoms. The van der Waals surface area contributed by atoms with Crippen molar-refractivity contribution in [2.45, 2.75) is 31.7 Å². The third-order valence-electron chi connectivity index (χ3n) is 2.51. The third kappa shape index (κ3) is 2.42. The summed E-state index contributed by atoms with van der Waals surface area (Å²) in [4.78, 5) is 0. The molecule has 0 bridgehead atoms. The van der Waals surface area contributed by atoms with E-state index in [0.29, 0.717) is 6.04 Å². The van der Waals surface area contributed by atoms with Crippen LogP contribution in [-0.2, 0) is 0 Å². The van der Waals surface area contributed by atoms with Crippen LogP contribution in [0.5, 0.6) is 0 Å². The van der Waals surface area contributed by atoms with Crippen molar-refractivity contribution in [2.75, 3.05) is 0 Å². The second-order valence-electron chi connectivity index (χ2n) is 3.72. The zero-order chi connectivity index (χ0) is 9.10. The lowest BCUT2D eigenvalue weighted by Crippen LogP contribution is -2.23. The fourth-order valence-corrected chi connectivity index (χ4v) is 2.47. The first-order valence-electron chi connectivity index (χ1n) is 4.82. The van der Waals surface area contributed by atoms with Gasteiger partial charge in [0.2, 0.25) is 0 Å². The average molecular weight is 193 g/mol. The lowest BCUT2D eigenvalue weighted by atomic mass is 9.90. The number of rotatable bonds is 1. The highest BCUT2D eigenvalue weighted by atomic mass is 32.1. The van der Waals surface area contributed by atoms with Gasteiger partial charge in [0.25, 0.3) is 0 Å². The van der Waals surface area contributed by atoms with Crippen LogP contribution in [0.4, 0.5) is 0 Å². The summed E-state index contributed by atoms with van der Waals surface area (Å²) in [5, 5.41) is 4.31. The Hall–Kier alpha value is -0.600. The minimum Gasteiger partial charge on any atom is -0.327 e. The second kappa shape index (κ2) is 4.07. The van der Waals surface area contributed by atoms with Crippen LogP contribution < -0.4 is 5.73 Å². The van der Waals surface area contributed by atoms with Gasteiger partial charge in [-0.25, -0.2) is 0 Å². The molecule has 1 aliphatic carbocycles. The summed E-state index contributed by atoms with van der Waals surface area (Å²) in [7, 11) is 0. The Bertz CT molecular complexity index is 287. The zero-order valence-electron chi connectivity index (χ0n) is 7.70. The van der Waals surface area contributed by atoms with Gasteiger partial charge in [-0.3, -0.25) is 0 Å². The van der Waals surface area contributed by atoms with E-state index < -0.39 is 0 Å². The summed E-state index contributed by atoms with van der Waals surface area (Å²) >= 11 is 1.75. The van der Waals surface area contributed by atoms with Gasteiger partial charge in [0, 0.05) is 6.04 Å². The van der Waals surface area contributed by atoms with Crippen LogP contribution in [0, 0.1) is 0 Å². The Kier molecular flexibility index (Phi) is 2.81. The van der Waals surface area contributed by atoms with E-state index in [0.717, 1.165) is 6.42 Å². The SMILES string of the molecule is NC1CCCC(=Cc2ccsc2)C1. The molecule has 0 amide bonds. The van der Waals surface area contributed by atoms with E-state index in [2.05, 4.69) is 22.9 Å². The highest BCUT2D eigenvalue weighted by Crippen LogP contribution is 2.24. The van der Waals surface area contributed by atoms with Crippen molar-refractivity contribution in [3.63, 3.8) is 0 Å². The molecule has 0 aliphatic heterocycles. The summed E-state index contributed by atoms with van der Waals surface area (Å²) in [6.07, 6.45) is 7.09. The fraction of sp³-hybridized carbons (Fsp3) is 0.455. The normalized spacial score (nSPS) is 26.5. The highest BCUT2D eigenvalue weighted by molar-refractivity contribution is 7.08. The molecule has 2 N–H and O–H groups in total. The molecule has 0 radical (unpaired) electrons. The molecule has 1 atom stereocenters. The van der Waals surface area contributed by atoms with E-state index in [1.165, 1.54) is 30.4 Å². The van der Waals surface area contributed by atoms with Crippen LogP contribution >= 0.6 is 11.3 Å². The van der Waals surface area contributed by atoms with Crippen molar-refractivity contribution >= 4 is 17.4 Å². The lowest BCUT2D eigenvalue weighted by Gasteiger charge is -2.20. The largest absolute Gasteiger partial charge is 0.327 e. The van der Waals surface area contributed by atoms with E-state index in [1.807, 2.05) is 0 Å². The molecule has 2 heteroatoms. The molecule has 0 aromatic carbocycles. The van der Waals surface area contributed by atoms with Gasteiger partial charge >= 0.3 is 0 Å². The molecular weight excluding hydrogens is 178 g/mol. The first kappa shape index (κ1) is 8.97. The van der Waals surface area contributed by atoms with E-state index in [9.17, 15) is 0 Å². The van der Waals surface area contributed by atoms with E-state index >= 15 is 0 Å². The van der Waals surface area contributed by atoms with Crippen molar-refractivity contribution in [3.05, 3.63) is 28.0 Å². The summed E-state index contributed by atoms with van der Waals surface area (Å²) in [5.74, 6) is 0. The molecule has 1 heterocycles. The molecule has 1 fully saturated rings. The van der Waals surface area contributed by atoms with Gasteiger partial charge in [-0.2, -0.15) is 11.3 Å². The van der Waals surface area contributed by atoms with Crippen LogP contribution in [-0.4, -0.2) is 6.04 Å². The Morgan fingerprint density at radius 3 is 3.15 bits per heavy atom. The lowest BCUT2D eigenvalue weighted by molar-refractivity contribution is 0.520. The van der Waals surface area contributed by atoms with Crippen LogP contribution in [0.25, 0.3) is 6.08 Å². The topological polar surface area (TPSA) is 26.0 Å². The molecule has 13 heavy (non-hydrogen) atoms. The molecule has 70 valence electrons. The smallest absolute Gasteiger partial charge is 0.00763 e. The van der Waals surface area contributed by atoms with E-state index in [-0.39, 0.29) is 0 Å². The minimum atomic E-state index is 0.402. The molecule has 1 unspecified atom stereocenters. The second-order valence-corrected chi connectivity index (χ2v) is 4.50. The number of thiophene rings is 1. The van der Waals surface area contributed by atoms with Crippen LogP contribution in [0.3, 0.4) is 0 Å². The molecule has 1 aromatic heterocycles. The molecule has 1 saturated carbocycles. The van der Waals surface area contributed by atoms with Gasteiger partial charge in [0.15, 0.2) is 0 Å². The molecule has 1 aliphatic rings. The van der Waals surface area contributed by atoms with Crippen molar-refractivity contribution in [1.82, 2.24) is 0 Å². The van der Waals surface area contributed by atoms with Gasteiger partial charge < -0.3 is 5.73 Å². The Labute approximate surface area is 83.3 Å². The summed E-state index contributed by atoms with van der Waals surface area (Å²) in [5.41, 5.74) is 8.78. The van der Waals surface area contributed by atoms with Gasteiger partial charge in [-0.05, 0) is 48.1 Å². The maximum absolute atomic E-state index is 5.92. The highest BCUT2D eigenvalue weighted by Gasteiger charge is 2.12. The van der Waals surface area contributed by atoms with Gasteiger partial charge in [-0.15, -0.1) is 0 Å². The molecule has 0 saturated heterocycles. The number of hydrogen-bond acceptors (Lipinski definition) is 2. The third-order valence-corrected chi connectivity index (χ3v) is 3.21. The molecule has 1 nitrogen and oxygen atoms in total. The van der Waals surface area contributed by atoms with Gasteiger partial charge in [-0.1, -0.05) is 11.6 Å². The zero-order valence-corrected chi connectivity index (χ0v) is 8.52. The van der Waals surface area contributed by atoms with Gasteiger partial charge in [0.1, 0.15) is 0 Å². The van der Waals surface area contributed by atoms with Crippen LogP contribution in [0.15, 0.2) is 22.4 Å². The first-order chi connectivity index (χ1) is 6.34. The number of hydrogen-bond donors (Lipinski definition) is 1. The Balaban J connectivity index is 2.07. The molecular formula is C11H15NS. The maximum atomic E-state index is 5.92. The van der Waals surface area contributed by atoms with Gasteiger partial charge in [0.05, 0.1) is 0 Å². The number of nitrogens with two attached hydrogens (primary N) is 1. The molecule has 2 rings (SSSR count). The Morgan fingerprint density at radius 1 is 1.54 bits per heavy atom. The summed E-state index contributed by atoms with van der Waals surface area (Å²) in [6, 6.07) is 2.57. The minimum absolute atomic E-state index is 0.402. The van der Waals surface area contributed by atoms with Crippen LogP contribution in [0.2, 0.25) is 0 Å². The first-order valence-corrected chi connectivity index (χ1v) is 5.76. The molecule has 1 aromatic rings. The van der Waals surface area contributed by atoms with Crippen molar-refractivity contribution in [3.8, 4) is 0 Å². The summed E-state index contributed by atoms with van der Waals surface area (Å²) in [6.45, 7) is 0. The maximum Gasteiger partial charge on any atom is 0.00763 e. The average Bonchev–Trinajstić information content (AvgIpc) is 2.57. The van der Waals surface area contributed by atoms with E-state index in [4.69, 9.17) is 5.73 Å². The predicted octanol–water partition coefficient (Wildman–Crippen LogP) is 3.03.